The van der Waals surface area contributed by atoms with Gasteiger partial charge in [-0.25, -0.2) is 29.7 Å². The molecular formula is C22H29N9O3. The quantitative estimate of drug-likeness (QED) is 0.474. The van der Waals surface area contributed by atoms with E-state index in [2.05, 4.69) is 30.6 Å². The molecule has 2 N–H and O–H groups in total. The first-order valence-electron chi connectivity index (χ1n) is 11.4. The molecule has 0 aliphatic carbocycles. The molecule has 0 aromatic carbocycles. The predicted octanol–water partition coefficient (Wildman–Crippen LogP) is 1.76. The summed E-state index contributed by atoms with van der Waals surface area (Å²) >= 11 is 0. The Bertz CT molecular complexity index is 1160. The second-order valence-electron chi connectivity index (χ2n) is 7.96. The van der Waals surface area contributed by atoms with Crippen LogP contribution in [0.5, 0.6) is 0 Å². The molecule has 1 aliphatic heterocycles. The second kappa shape index (κ2) is 10.4. The summed E-state index contributed by atoms with van der Waals surface area (Å²) in [6, 6.07) is -0.176. The minimum atomic E-state index is -0.320. The van der Waals surface area contributed by atoms with Crippen LogP contribution in [0.1, 0.15) is 32.5 Å². The Morgan fingerprint density at radius 2 is 1.97 bits per heavy atom. The molecule has 1 fully saturated rings. The van der Waals surface area contributed by atoms with Gasteiger partial charge in [0, 0.05) is 44.6 Å². The highest BCUT2D eigenvalue weighted by Crippen LogP contribution is 2.27. The van der Waals surface area contributed by atoms with Crippen LogP contribution < -0.4 is 10.6 Å². The van der Waals surface area contributed by atoms with Gasteiger partial charge in [0.15, 0.2) is 17.0 Å². The molecule has 0 spiro atoms. The van der Waals surface area contributed by atoms with E-state index in [0.717, 1.165) is 23.5 Å². The Labute approximate surface area is 197 Å². The number of urea groups is 1. The zero-order valence-corrected chi connectivity index (χ0v) is 19.6. The number of nitrogens with zero attached hydrogens (tertiary/aromatic N) is 7. The van der Waals surface area contributed by atoms with E-state index >= 15 is 0 Å². The summed E-state index contributed by atoms with van der Waals surface area (Å²) in [6.45, 7) is 8.01. The van der Waals surface area contributed by atoms with E-state index in [9.17, 15) is 9.59 Å². The van der Waals surface area contributed by atoms with Gasteiger partial charge in [-0.2, -0.15) is 0 Å². The molecule has 1 aliphatic rings. The van der Waals surface area contributed by atoms with Crippen LogP contribution in [0.15, 0.2) is 18.7 Å². The van der Waals surface area contributed by atoms with Crippen molar-refractivity contribution in [2.24, 2.45) is 0 Å². The zero-order chi connectivity index (χ0) is 24.1. The predicted molar refractivity (Wildman–Crippen MR) is 125 cm³/mol. The van der Waals surface area contributed by atoms with Crippen molar-refractivity contribution in [3.8, 4) is 11.4 Å². The van der Waals surface area contributed by atoms with Gasteiger partial charge in [-0.05, 0) is 27.2 Å². The molecule has 12 nitrogen and oxygen atoms in total. The van der Waals surface area contributed by atoms with E-state index in [1.807, 2.05) is 18.4 Å². The van der Waals surface area contributed by atoms with Crippen LogP contribution in [0.2, 0.25) is 0 Å². The number of likely N-dealkylation sites (tertiary alicyclic amines) is 1. The summed E-state index contributed by atoms with van der Waals surface area (Å²) in [6.07, 6.45) is 5.95. The first kappa shape index (κ1) is 23.3. The number of aryl methyl sites for hydroxylation is 2. The van der Waals surface area contributed by atoms with Crippen molar-refractivity contribution < 1.29 is 14.3 Å². The Hall–Kier alpha value is -3.83. The summed E-state index contributed by atoms with van der Waals surface area (Å²) < 4.78 is 6.89. The molecule has 0 bridgehead atoms. The average molecular weight is 468 g/mol. The molecule has 4 heterocycles. The number of hydrogen-bond acceptors (Lipinski definition) is 9. The van der Waals surface area contributed by atoms with E-state index < -0.39 is 0 Å². The Morgan fingerprint density at radius 1 is 1.18 bits per heavy atom. The minimum absolute atomic E-state index is 0.0202. The molecule has 0 saturated carbocycles. The topological polar surface area (TPSA) is 140 Å². The Morgan fingerprint density at radius 3 is 2.71 bits per heavy atom. The number of fused-ring (bicyclic) bond motifs is 1. The number of carbonyl (C=O) groups is 2. The summed E-state index contributed by atoms with van der Waals surface area (Å²) in [5.74, 6) is 1.73. The van der Waals surface area contributed by atoms with Gasteiger partial charge in [0.05, 0.1) is 18.6 Å². The van der Waals surface area contributed by atoms with E-state index in [4.69, 9.17) is 9.72 Å². The van der Waals surface area contributed by atoms with Crippen LogP contribution in [-0.4, -0.2) is 78.7 Å². The summed E-state index contributed by atoms with van der Waals surface area (Å²) in [5, 5.41) is 6.20. The number of hydrogen-bond donors (Lipinski definition) is 2. The summed E-state index contributed by atoms with van der Waals surface area (Å²) in [7, 11) is 0. The molecule has 4 rings (SSSR count). The SMILES string of the molecule is CCOC(=O)CCNC(=O)N1CC[C@H](Nc2ncnc3c2nc(-c2cnc(C)nc2)n3CC)C1. The van der Waals surface area contributed by atoms with Gasteiger partial charge in [0.1, 0.15) is 18.0 Å². The Balaban J connectivity index is 1.44. The van der Waals surface area contributed by atoms with Gasteiger partial charge in [0.25, 0.3) is 0 Å². The molecule has 0 unspecified atom stereocenters. The maximum Gasteiger partial charge on any atom is 0.317 e. The third-order valence-electron chi connectivity index (χ3n) is 5.61. The van der Waals surface area contributed by atoms with Crippen molar-refractivity contribution >= 4 is 29.0 Å². The lowest BCUT2D eigenvalue weighted by Crippen LogP contribution is -2.40. The highest BCUT2D eigenvalue weighted by atomic mass is 16.5. The number of rotatable bonds is 8. The number of carbonyl (C=O) groups excluding carboxylic acids is 2. The normalized spacial score (nSPS) is 15.5. The number of ether oxygens (including phenoxy) is 1. The van der Waals surface area contributed by atoms with Crippen molar-refractivity contribution in [2.45, 2.75) is 46.2 Å². The van der Waals surface area contributed by atoms with E-state index in [1.54, 1.807) is 24.2 Å². The van der Waals surface area contributed by atoms with E-state index in [1.165, 1.54) is 6.33 Å². The number of imidazole rings is 1. The fourth-order valence-electron chi connectivity index (χ4n) is 3.94. The molecule has 34 heavy (non-hydrogen) atoms. The molecular weight excluding hydrogens is 438 g/mol. The monoisotopic (exact) mass is 467 g/mol. The lowest BCUT2D eigenvalue weighted by molar-refractivity contribution is -0.142. The molecule has 2 amide bonds. The molecule has 3 aromatic rings. The van der Waals surface area contributed by atoms with Crippen LogP contribution in [0.4, 0.5) is 10.6 Å². The van der Waals surface area contributed by atoms with Gasteiger partial charge in [-0.15, -0.1) is 0 Å². The van der Waals surface area contributed by atoms with E-state index in [0.29, 0.717) is 43.4 Å². The first-order valence-corrected chi connectivity index (χ1v) is 11.4. The zero-order valence-electron chi connectivity index (χ0n) is 19.6. The number of amides is 2. The standard InChI is InChI=1S/C22H29N9O3/c1-4-31-20(15-10-24-14(3)25-11-15)29-18-19(26-13-27-21(18)31)28-16-7-9-30(12-16)22(33)23-8-6-17(32)34-5-2/h10-11,13,16H,4-9,12H2,1-3H3,(H,23,33)(H,26,27,28)/t16-/m0/s1. The molecule has 0 radical (unpaired) electrons. The van der Waals surface area contributed by atoms with Crippen molar-refractivity contribution in [2.75, 3.05) is 31.6 Å². The minimum Gasteiger partial charge on any atom is -0.466 e. The number of nitrogens with one attached hydrogen (secondary N) is 2. The summed E-state index contributed by atoms with van der Waals surface area (Å²) in [5.41, 5.74) is 2.20. The first-order chi connectivity index (χ1) is 16.5. The third kappa shape index (κ3) is 5.05. The summed E-state index contributed by atoms with van der Waals surface area (Å²) in [4.78, 5) is 47.9. The third-order valence-corrected chi connectivity index (χ3v) is 5.61. The Kier molecular flexibility index (Phi) is 7.14. The van der Waals surface area contributed by atoms with Crippen molar-refractivity contribution in [1.82, 2.24) is 39.7 Å². The van der Waals surface area contributed by atoms with E-state index in [-0.39, 0.29) is 31.0 Å². The van der Waals surface area contributed by atoms with Gasteiger partial charge < -0.3 is 24.8 Å². The van der Waals surface area contributed by atoms with Crippen LogP contribution in [0.3, 0.4) is 0 Å². The van der Waals surface area contributed by atoms with Crippen LogP contribution >= 0.6 is 0 Å². The average Bonchev–Trinajstić information content (AvgIpc) is 3.45. The maximum absolute atomic E-state index is 12.4. The largest absolute Gasteiger partial charge is 0.466 e. The lowest BCUT2D eigenvalue weighted by atomic mass is 10.2. The molecule has 3 aromatic heterocycles. The van der Waals surface area contributed by atoms with Crippen molar-refractivity contribution in [1.29, 1.82) is 0 Å². The van der Waals surface area contributed by atoms with Gasteiger partial charge in [-0.1, -0.05) is 0 Å². The highest BCUT2D eigenvalue weighted by molar-refractivity contribution is 5.86. The lowest BCUT2D eigenvalue weighted by Gasteiger charge is -2.18. The van der Waals surface area contributed by atoms with Crippen molar-refractivity contribution in [3.05, 3.63) is 24.5 Å². The maximum atomic E-state index is 12.4. The number of esters is 1. The molecule has 180 valence electrons. The fourth-order valence-corrected chi connectivity index (χ4v) is 3.94. The van der Waals surface area contributed by atoms with Gasteiger partial charge in [0.2, 0.25) is 0 Å². The second-order valence-corrected chi connectivity index (χ2v) is 7.96. The smallest absolute Gasteiger partial charge is 0.317 e. The number of anilines is 1. The number of aromatic nitrogens is 6. The van der Waals surface area contributed by atoms with Crippen LogP contribution in [-0.2, 0) is 16.1 Å². The molecule has 1 atom stereocenters. The highest BCUT2D eigenvalue weighted by Gasteiger charge is 2.27. The van der Waals surface area contributed by atoms with Crippen molar-refractivity contribution in [3.63, 3.8) is 0 Å². The van der Waals surface area contributed by atoms with Crippen LogP contribution in [0.25, 0.3) is 22.6 Å². The molecule has 12 heteroatoms. The fraction of sp³-hybridized carbons (Fsp3) is 0.500. The van der Waals surface area contributed by atoms with Gasteiger partial charge in [-0.3, -0.25) is 4.79 Å². The van der Waals surface area contributed by atoms with Crippen LogP contribution in [0, 0.1) is 6.92 Å². The molecule has 1 saturated heterocycles. The van der Waals surface area contributed by atoms with Gasteiger partial charge >= 0.3 is 12.0 Å².